The van der Waals surface area contributed by atoms with Gasteiger partial charge in [0.15, 0.2) is 0 Å². The summed E-state index contributed by atoms with van der Waals surface area (Å²) < 4.78 is 29.2. The van der Waals surface area contributed by atoms with Gasteiger partial charge in [0.1, 0.15) is 30.1 Å². The highest BCUT2D eigenvalue weighted by atomic mass is 32.2. The number of hydrogen-bond donors (Lipinski definition) is 2. The molecule has 14 nitrogen and oxygen atoms in total. The minimum absolute atomic E-state index is 0.183. The molecule has 2 unspecified atom stereocenters. The van der Waals surface area contributed by atoms with Crippen molar-refractivity contribution in [1.29, 1.82) is 0 Å². The maximum absolute atomic E-state index is 13.6. The third kappa shape index (κ3) is 6.60. The third-order valence-electron chi connectivity index (χ3n) is 7.79. The van der Waals surface area contributed by atoms with Crippen molar-refractivity contribution in [3.05, 3.63) is 35.9 Å². The third-order valence-corrected chi connectivity index (χ3v) is 10.5. The molecule has 236 valence electrons. The molecule has 0 radical (unpaired) electrons. The zero-order chi connectivity index (χ0) is 31.7. The summed E-state index contributed by atoms with van der Waals surface area (Å²) in [6.07, 6.45) is 0.865. The van der Waals surface area contributed by atoms with Crippen LogP contribution in [0, 0.1) is 0 Å². The summed E-state index contributed by atoms with van der Waals surface area (Å²) in [4.78, 5) is 69.9. The van der Waals surface area contributed by atoms with Gasteiger partial charge in [-0.05, 0) is 32.5 Å². The van der Waals surface area contributed by atoms with Crippen LogP contribution < -0.4 is 10.6 Å². The Hall–Kier alpha value is -3.37. The molecule has 43 heavy (non-hydrogen) atoms. The number of sulfonamides is 1. The number of esters is 1. The number of likely N-dealkylation sites (N-methyl/N-ethyl adjacent to an activating group) is 1. The topological polar surface area (TPSA) is 166 Å². The molecular formula is C27H38N6O8S2. The molecule has 0 spiro atoms. The van der Waals surface area contributed by atoms with E-state index in [2.05, 4.69) is 15.5 Å². The number of carbonyl (C=O) groups is 5. The fourth-order valence-electron chi connectivity index (χ4n) is 5.42. The van der Waals surface area contributed by atoms with Crippen molar-refractivity contribution >= 4 is 51.6 Å². The van der Waals surface area contributed by atoms with E-state index >= 15 is 0 Å². The highest BCUT2D eigenvalue weighted by molar-refractivity contribution is 8.01. The van der Waals surface area contributed by atoms with Crippen LogP contribution in [-0.4, -0.2) is 125 Å². The molecule has 16 heteroatoms. The van der Waals surface area contributed by atoms with E-state index in [4.69, 9.17) is 4.74 Å². The predicted molar refractivity (Wildman–Crippen MR) is 158 cm³/mol. The first-order chi connectivity index (χ1) is 20.2. The molecule has 0 saturated carbocycles. The van der Waals surface area contributed by atoms with E-state index in [0.29, 0.717) is 21.3 Å². The van der Waals surface area contributed by atoms with Crippen LogP contribution in [0.15, 0.2) is 30.3 Å². The number of β-lactam (4-membered cyclic amide) rings is 1. The lowest BCUT2D eigenvalue weighted by atomic mass is 9.95. The Morgan fingerprint density at radius 1 is 1.12 bits per heavy atom. The summed E-state index contributed by atoms with van der Waals surface area (Å²) in [5.74, 6) is -1.65. The Morgan fingerprint density at radius 3 is 2.35 bits per heavy atom. The van der Waals surface area contributed by atoms with Gasteiger partial charge in [0.05, 0.1) is 19.3 Å². The molecule has 0 aromatic heterocycles. The standard InChI is InChI=1S/C27H38N6O8S2/c1-6-30(7-2)15-16-41-24(36)20-27(3,4)42-23-19(22(35)33(20)23)28-21(34)18(17-11-9-8-10-12-17)29-25(37)31-13-14-32(26(31)38)43(5,39)40/h8-12,18-20,23H,6-7,13-16H2,1-5H3,(H,28,34)(H,29,37)/t18?,19?,20-,23-/m1/s1. The number of rotatable bonds is 11. The van der Waals surface area contributed by atoms with E-state index in [1.807, 2.05) is 27.7 Å². The maximum Gasteiger partial charge on any atom is 0.341 e. The number of carbonyl (C=O) groups excluding carboxylic acids is 5. The summed E-state index contributed by atoms with van der Waals surface area (Å²) in [5, 5.41) is 4.70. The summed E-state index contributed by atoms with van der Waals surface area (Å²) in [6, 6.07) is 3.20. The molecule has 0 aliphatic carbocycles. The highest BCUT2D eigenvalue weighted by Crippen LogP contribution is 2.51. The van der Waals surface area contributed by atoms with Gasteiger partial charge in [-0.1, -0.05) is 44.2 Å². The van der Waals surface area contributed by atoms with Gasteiger partial charge in [-0.3, -0.25) is 9.59 Å². The van der Waals surface area contributed by atoms with Crippen molar-refractivity contribution in [2.24, 2.45) is 0 Å². The normalized spacial score (nSPS) is 23.6. The first-order valence-electron chi connectivity index (χ1n) is 14.0. The zero-order valence-electron chi connectivity index (χ0n) is 24.8. The number of amides is 6. The number of imide groups is 1. The van der Waals surface area contributed by atoms with Gasteiger partial charge >= 0.3 is 18.0 Å². The number of urea groups is 2. The zero-order valence-corrected chi connectivity index (χ0v) is 26.4. The lowest BCUT2D eigenvalue weighted by molar-refractivity contribution is -0.164. The van der Waals surface area contributed by atoms with E-state index in [9.17, 15) is 32.4 Å². The largest absolute Gasteiger partial charge is 0.463 e. The van der Waals surface area contributed by atoms with Gasteiger partial charge in [-0.25, -0.2) is 32.0 Å². The summed E-state index contributed by atoms with van der Waals surface area (Å²) in [5.41, 5.74) is 0.387. The second kappa shape index (κ2) is 12.7. The molecule has 3 aliphatic rings. The number of nitrogens with one attached hydrogen (secondary N) is 2. The van der Waals surface area contributed by atoms with E-state index in [0.717, 1.165) is 19.3 Å². The Balaban J connectivity index is 1.45. The molecular weight excluding hydrogens is 600 g/mol. The summed E-state index contributed by atoms with van der Waals surface area (Å²) in [7, 11) is -3.87. The molecule has 3 heterocycles. The number of thioether (sulfide) groups is 1. The van der Waals surface area contributed by atoms with Gasteiger partial charge < -0.3 is 25.2 Å². The van der Waals surface area contributed by atoms with Gasteiger partial charge in [0.25, 0.3) is 0 Å². The lowest BCUT2D eigenvalue weighted by Crippen LogP contribution is -2.71. The molecule has 1 aromatic rings. The number of fused-ring (bicyclic) bond motifs is 1. The molecule has 2 N–H and O–H groups in total. The molecule has 3 aliphatic heterocycles. The summed E-state index contributed by atoms with van der Waals surface area (Å²) in [6.45, 7) is 9.77. The van der Waals surface area contributed by atoms with Crippen molar-refractivity contribution in [3.63, 3.8) is 0 Å². The number of ether oxygens (including phenoxy) is 1. The van der Waals surface area contributed by atoms with Crippen LogP contribution in [-0.2, 0) is 29.1 Å². The van der Waals surface area contributed by atoms with Crippen molar-refractivity contribution in [2.45, 2.75) is 55.9 Å². The Bertz CT molecular complexity index is 1370. The van der Waals surface area contributed by atoms with Gasteiger partial charge in [0.2, 0.25) is 21.8 Å². The van der Waals surface area contributed by atoms with Crippen LogP contribution in [0.5, 0.6) is 0 Å². The van der Waals surface area contributed by atoms with Crippen LogP contribution in [0.2, 0.25) is 0 Å². The fourth-order valence-corrected chi connectivity index (χ4v) is 7.83. The van der Waals surface area contributed by atoms with Gasteiger partial charge in [-0.15, -0.1) is 11.8 Å². The predicted octanol–water partition coefficient (Wildman–Crippen LogP) is 0.567. The molecule has 4 rings (SSSR count). The van der Waals surface area contributed by atoms with Crippen LogP contribution in [0.25, 0.3) is 0 Å². The summed E-state index contributed by atoms with van der Waals surface area (Å²) >= 11 is 1.38. The minimum atomic E-state index is -3.87. The molecule has 4 atom stereocenters. The number of nitrogens with zero attached hydrogens (tertiary/aromatic N) is 4. The van der Waals surface area contributed by atoms with Crippen molar-refractivity contribution in [2.75, 3.05) is 45.6 Å². The first-order valence-corrected chi connectivity index (χ1v) is 16.8. The lowest BCUT2D eigenvalue weighted by Gasteiger charge is -2.44. The van der Waals surface area contributed by atoms with Crippen molar-refractivity contribution < 1.29 is 37.1 Å². The Kier molecular flexibility index (Phi) is 9.61. The highest BCUT2D eigenvalue weighted by Gasteiger charge is 2.64. The molecule has 0 bridgehead atoms. The van der Waals surface area contributed by atoms with Crippen LogP contribution in [0.3, 0.4) is 0 Å². The molecule has 6 amide bonds. The average molecular weight is 639 g/mol. The second-order valence-corrected chi connectivity index (χ2v) is 14.7. The Labute approximate surface area is 255 Å². The van der Waals surface area contributed by atoms with E-state index < -0.39 is 68.1 Å². The first kappa shape index (κ1) is 32.5. The molecule has 1 aromatic carbocycles. The van der Waals surface area contributed by atoms with Crippen molar-refractivity contribution in [3.8, 4) is 0 Å². The molecule has 3 fully saturated rings. The minimum Gasteiger partial charge on any atom is -0.463 e. The van der Waals surface area contributed by atoms with Crippen molar-refractivity contribution in [1.82, 2.24) is 29.6 Å². The van der Waals surface area contributed by atoms with Crippen LogP contribution in [0.1, 0.15) is 39.3 Å². The fraction of sp³-hybridized carbons (Fsp3) is 0.593. The van der Waals surface area contributed by atoms with Gasteiger partial charge in [0, 0.05) is 11.3 Å². The van der Waals surface area contributed by atoms with Crippen LogP contribution >= 0.6 is 11.8 Å². The maximum atomic E-state index is 13.6. The van der Waals surface area contributed by atoms with Crippen LogP contribution in [0.4, 0.5) is 9.59 Å². The van der Waals surface area contributed by atoms with Gasteiger partial charge in [-0.2, -0.15) is 0 Å². The van der Waals surface area contributed by atoms with E-state index in [1.54, 1.807) is 30.3 Å². The average Bonchev–Trinajstić information content (AvgIpc) is 3.47. The Morgan fingerprint density at radius 2 is 1.77 bits per heavy atom. The van der Waals surface area contributed by atoms with E-state index in [-0.39, 0.29) is 19.7 Å². The SMILES string of the molecule is CCN(CC)CCOC(=O)[C@H]1N2C(=O)C(NC(=O)C(NC(=O)N3CCN(S(C)(=O)=O)C3=O)c3ccccc3)[C@H]2SC1(C)C. The number of benzene rings is 1. The second-order valence-electron chi connectivity index (χ2n) is 11.0. The number of hydrogen-bond acceptors (Lipinski definition) is 10. The smallest absolute Gasteiger partial charge is 0.341 e. The van der Waals surface area contributed by atoms with E-state index in [1.165, 1.54) is 16.7 Å². The monoisotopic (exact) mass is 638 g/mol. The molecule has 3 saturated heterocycles. The quantitative estimate of drug-likeness (QED) is 0.259.